The molecule has 1 aromatic rings. The Morgan fingerprint density at radius 2 is 2.15 bits per heavy atom. The smallest absolute Gasteiger partial charge is 0.197 e. The fourth-order valence-electron chi connectivity index (χ4n) is 1.43. The van der Waals surface area contributed by atoms with Crippen molar-refractivity contribution in [3.8, 4) is 0 Å². The maximum absolute atomic E-state index is 8.79. The van der Waals surface area contributed by atoms with Crippen LogP contribution in [0, 0.1) is 5.92 Å². The molecule has 0 fully saturated rings. The Bertz CT molecular complexity index is 255. The molecule has 0 amide bonds. The first-order valence-electron chi connectivity index (χ1n) is 4.68. The highest BCUT2D eigenvalue weighted by Gasteiger charge is 2.13. The van der Waals surface area contributed by atoms with Gasteiger partial charge in [0.1, 0.15) is 12.0 Å². The second kappa shape index (κ2) is 4.42. The Labute approximate surface area is 78.8 Å². The van der Waals surface area contributed by atoms with Crippen LogP contribution >= 0.6 is 0 Å². The van der Waals surface area contributed by atoms with Gasteiger partial charge in [-0.05, 0) is 12.3 Å². The van der Waals surface area contributed by atoms with E-state index in [0.717, 1.165) is 12.3 Å². The molecule has 0 saturated heterocycles. The summed E-state index contributed by atoms with van der Waals surface area (Å²) in [4.78, 5) is 4.17. The lowest BCUT2D eigenvalue weighted by atomic mass is 9.99. The van der Waals surface area contributed by atoms with Crippen LogP contribution in [0.15, 0.2) is 10.7 Å². The lowest BCUT2D eigenvalue weighted by Gasteiger charge is -2.09. The van der Waals surface area contributed by atoms with Crippen molar-refractivity contribution < 1.29 is 9.52 Å². The van der Waals surface area contributed by atoms with Crippen LogP contribution in [-0.4, -0.2) is 10.1 Å². The molecule has 0 aliphatic carbocycles. The Hall–Kier alpha value is -0.830. The molecule has 1 atom stereocenters. The Morgan fingerprint density at radius 3 is 2.62 bits per heavy atom. The van der Waals surface area contributed by atoms with Crippen molar-refractivity contribution in [2.24, 2.45) is 5.92 Å². The minimum atomic E-state index is -0.0438. The van der Waals surface area contributed by atoms with Crippen LogP contribution in [0.2, 0.25) is 0 Å². The standard InChI is InChI=1S/C10H17NO2/c1-7(2)4-8(3)10-11-9(5-12)6-13-10/h6-8,12H,4-5H2,1-3H3/t8-/m0/s1. The predicted octanol–water partition coefficient (Wildman–Crippen LogP) is 2.32. The molecule has 0 bridgehead atoms. The molecule has 1 aromatic heterocycles. The van der Waals surface area contributed by atoms with Gasteiger partial charge in [0.2, 0.25) is 0 Å². The summed E-state index contributed by atoms with van der Waals surface area (Å²) in [5.74, 6) is 1.71. The van der Waals surface area contributed by atoms with E-state index in [0.29, 0.717) is 17.5 Å². The third-order valence-corrected chi connectivity index (χ3v) is 1.98. The van der Waals surface area contributed by atoms with Crippen molar-refractivity contribution in [2.75, 3.05) is 0 Å². The summed E-state index contributed by atoms with van der Waals surface area (Å²) in [5.41, 5.74) is 0.616. The summed E-state index contributed by atoms with van der Waals surface area (Å²) in [6.45, 7) is 6.39. The zero-order valence-electron chi connectivity index (χ0n) is 8.45. The number of aliphatic hydroxyl groups excluding tert-OH is 1. The molecule has 0 saturated carbocycles. The number of hydrogen-bond donors (Lipinski definition) is 1. The van der Waals surface area contributed by atoms with Crippen LogP contribution in [0.25, 0.3) is 0 Å². The Balaban J connectivity index is 2.60. The Morgan fingerprint density at radius 1 is 1.46 bits per heavy atom. The predicted molar refractivity (Wildman–Crippen MR) is 50.3 cm³/mol. The first-order valence-corrected chi connectivity index (χ1v) is 4.68. The van der Waals surface area contributed by atoms with E-state index in [2.05, 4.69) is 25.8 Å². The molecule has 3 heteroatoms. The third-order valence-electron chi connectivity index (χ3n) is 1.98. The maximum Gasteiger partial charge on any atom is 0.197 e. The van der Waals surface area contributed by atoms with Gasteiger partial charge >= 0.3 is 0 Å². The van der Waals surface area contributed by atoms with E-state index in [1.54, 1.807) is 0 Å². The summed E-state index contributed by atoms with van der Waals surface area (Å²) >= 11 is 0. The Kier molecular flexibility index (Phi) is 3.48. The van der Waals surface area contributed by atoms with Gasteiger partial charge in [-0.1, -0.05) is 20.8 Å². The average molecular weight is 183 g/mol. The van der Waals surface area contributed by atoms with Crippen LogP contribution in [0.1, 0.15) is 44.7 Å². The van der Waals surface area contributed by atoms with Gasteiger partial charge in [0, 0.05) is 5.92 Å². The van der Waals surface area contributed by atoms with Crippen molar-refractivity contribution in [1.82, 2.24) is 4.98 Å². The highest BCUT2D eigenvalue weighted by molar-refractivity contribution is 4.98. The second-order valence-corrected chi connectivity index (χ2v) is 3.87. The molecule has 0 aromatic carbocycles. The molecule has 0 unspecified atom stereocenters. The lowest BCUT2D eigenvalue weighted by molar-refractivity contribution is 0.276. The summed E-state index contributed by atoms with van der Waals surface area (Å²) in [6, 6.07) is 0. The first-order chi connectivity index (χ1) is 6.13. The van der Waals surface area contributed by atoms with Crippen LogP contribution in [0.3, 0.4) is 0 Å². The van der Waals surface area contributed by atoms with Crippen LogP contribution < -0.4 is 0 Å². The second-order valence-electron chi connectivity index (χ2n) is 3.87. The molecular formula is C10H17NO2. The number of hydrogen-bond acceptors (Lipinski definition) is 3. The molecule has 0 radical (unpaired) electrons. The molecule has 3 nitrogen and oxygen atoms in total. The SMILES string of the molecule is CC(C)C[C@H](C)c1nc(CO)co1. The van der Waals surface area contributed by atoms with E-state index in [9.17, 15) is 0 Å². The zero-order chi connectivity index (χ0) is 9.84. The number of nitrogens with zero attached hydrogens (tertiary/aromatic N) is 1. The van der Waals surface area contributed by atoms with Crippen LogP contribution in [-0.2, 0) is 6.61 Å². The van der Waals surface area contributed by atoms with Gasteiger partial charge in [-0.25, -0.2) is 4.98 Å². The zero-order valence-corrected chi connectivity index (χ0v) is 8.45. The van der Waals surface area contributed by atoms with Gasteiger partial charge < -0.3 is 9.52 Å². The normalized spacial score (nSPS) is 13.6. The monoisotopic (exact) mass is 183 g/mol. The van der Waals surface area contributed by atoms with Gasteiger partial charge in [0.05, 0.1) is 6.61 Å². The molecule has 13 heavy (non-hydrogen) atoms. The first kappa shape index (κ1) is 10.3. The fourth-order valence-corrected chi connectivity index (χ4v) is 1.43. The molecule has 0 aliphatic rings. The van der Waals surface area contributed by atoms with Gasteiger partial charge in [-0.2, -0.15) is 0 Å². The van der Waals surface area contributed by atoms with E-state index in [1.165, 1.54) is 6.26 Å². The van der Waals surface area contributed by atoms with Crippen LogP contribution in [0.5, 0.6) is 0 Å². The largest absolute Gasteiger partial charge is 0.448 e. The summed E-state index contributed by atoms with van der Waals surface area (Å²) < 4.78 is 5.25. The average Bonchev–Trinajstić information content (AvgIpc) is 2.50. The van der Waals surface area contributed by atoms with E-state index >= 15 is 0 Å². The molecule has 1 rings (SSSR count). The van der Waals surface area contributed by atoms with Crippen molar-refractivity contribution >= 4 is 0 Å². The van der Waals surface area contributed by atoms with Crippen molar-refractivity contribution in [2.45, 2.75) is 39.7 Å². The quantitative estimate of drug-likeness (QED) is 0.779. The van der Waals surface area contributed by atoms with E-state index in [4.69, 9.17) is 9.52 Å². The topological polar surface area (TPSA) is 46.3 Å². The number of rotatable bonds is 4. The maximum atomic E-state index is 8.79. The molecular weight excluding hydrogens is 166 g/mol. The lowest BCUT2D eigenvalue weighted by Crippen LogP contribution is -1.99. The van der Waals surface area contributed by atoms with Gasteiger partial charge in [-0.3, -0.25) is 0 Å². The van der Waals surface area contributed by atoms with Gasteiger partial charge in [0.15, 0.2) is 5.89 Å². The molecule has 0 aliphatic heterocycles. The summed E-state index contributed by atoms with van der Waals surface area (Å²) in [5, 5.41) is 8.79. The molecule has 0 spiro atoms. The molecule has 1 heterocycles. The van der Waals surface area contributed by atoms with Crippen molar-refractivity contribution in [3.05, 3.63) is 17.8 Å². The van der Waals surface area contributed by atoms with Gasteiger partial charge in [0.25, 0.3) is 0 Å². The highest BCUT2D eigenvalue weighted by Crippen LogP contribution is 2.22. The molecule has 74 valence electrons. The minimum absolute atomic E-state index is 0.0438. The minimum Gasteiger partial charge on any atom is -0.448 e. The van der Waals surface area contributed by atoms with E-state index in [-0.39, 0.29) is 6.61 Å². The van der Waals surface area contributed by atoms with Gasteiger partial charge in [-0.15, -0.1) is 0 Å². The van der Waals surface area contributed by atoms with Crippen molar-refractivity contribution in [3.63, 3.8) is 0 Å². The summed E-state index contributed by atoms with van der Waals surface area (Å²) in [6.07, 6.45) is 2.58. The number of aromatic nitrogens is 1. The van der Waals surface area contributed by atoms with E-state index < -0.39 is 0 Å². The fraction of sp³-hybridized carbons (Fsp3) is 0.700. The third kappa shape index (κ3) is 2.84. The number of aliphatic hydroxyl groups is 1. The number of oxazole rings is 1. The van der Waals surface area contributed by atoms with Crippen LogP contribution in [0.4, 0.5) is 0 Å². The molecule has 1 N–H and O–H groups in total. The summed E-state index contributed by atoms with van der Waals surface area (Å²) in [7, 11) is 0. The van der Waals surface area contributed by atoms with E-state index in [1.807, 2.05) is 0 Å². The highest BCUT2D eigenvalue weighted by atomic mass is 16.3. The van der Waals surface area contributed by atoms with Crippen molar-refractivity contribution in [1.29, 1.82) is 0 Å².